The van der Waals surface area contributed by atoms with E-state index in [1.165, 1.54) is 17.0 Å². The number of halogens is 2. The first-order valence-corrected chi connectivity index (χ1v) is 11.8. The Balaban J connectivity index is 2.04. The Hall–Kier alpha value is -2.17. The molecule has 5 N–H and O–H groups in total. The summed E-state index contributed by atoms with van der Waals surface area (Å²) in [6.07, 6.45) is 0.165. The summed E-state index contributed by atoms with van der Waals surface area (Å²) < 4.78 is 7.45. The number of nitrogens with zero attached hydrogens (tertiary/aromatic N) is 1. The Morgan fingerprint density at radius 3 is 2.00 bits per heavy atom. The SMILES string of the molecule is O=C(O)CN(CCN[C@H](Cc1cc(I)c(Oc2ccc(O)cc2)c(I)c1)C(=O)O)CC(=O)O. The number of carbonyl (C=O) groups is 3. The summed E-state index contributed by atoms with van der Waals surface area (Å²) in [6, 6.07) is 8.99. The lowest BCUT2D eigenvalue weighted by Crippen LogP contribution is -2.44. The number of carboxylic acid groups (broad SMARTS) is 3. The second kappa shape index (κ2) is 12.9. The monoisotopic (exact) mass is 684 g/mol. The van der Waals surface area contributed by atoms with E-state index in [1.807, 2.05) is 12.1 Å². The minimum Gasteiger partial charge on any atom is -0.508 e. The number of hydrogen-bond acceptors (Lipinski definition) is 7. The number of benzene rings is 2. The molecule has 0 bridgehead atoms. The number of aromatic hydroxyl groups is 1. The van der Waals surface area contributed by atoms with Crippen molar-refractivity contribution in [3.05, 3.63) is 49.1 Å². The summed E-state index contributed by atoms with van der Waals surface area (Å²) in [7, 11) is 0. The fourth-order valence-electron chi connectivity index (χ4n) is 2.94. The lowest BCUT2D eigenvalue weighted by Gasteiger charge is -2.21. The van der Waals surface area contributed by atoms with Crippen molar-refractivity contribution < 1.29 is 39.5 Å². The predicted molar refractivity (Wildman–Crippen MR) is 135 cm³/mol. The van der Waals surface area contributed by atoms with Crippen molar-refractivity contribution in [3.63, 3.8) is 0 Å². The van der Waals surface area contributed by atoms with Crippen LogP contribution < -0.4 is 10.1 Å². The van der Waals surface area contributed by atoms with Gasteiger partial charge >= 0.3 is 17.9 Å². The highest BCUT2D eigenvalue weighted by Gasteiger charge is 2.20. The van der Waals surface area contributed by atoms with Gasteiger partial charge in [-0.15, -0.1) is 0 Å². The molecule has 1 atom stereocenters. The van der Waals surface area contributed by atoms with Gasteiger partial charge in [-0.3, -0.25) is 19.3 Å². The summed E-state index contributed by atoms with van der Waals surface area (Å²) in [5.74, 6) is -2.11. The Labute approximate surface area is 216 Å². The van der Waals surface area contributed by atoms with Gasteiger partial charge in [0.15, 0.2) is 5.75 Å². The van der Waals surface area contributed by atoms with E-state index in [1.54, 1.807) is 12.1 Å². The molecule has 0 heterocycles. The first-order valence-electron chi connectivity index (χ1n) is 9.62. The maximum Gasteiger partial charge on any atom is 0.321 e. The van der Waals surface area contributed by atoms with E-state index in [0.717, 1.165) is 12.7 Å². The van der Waals surface area contributed by atoms with E-state index in [-0.39, 0.29) is 25.3 Å². The molecule has 0 radical (unpaired) electrons. The van der Waals surface area contributed by atoms with E-state index < -0.39 is 37.0 Å². The molecule has 0 aliphatic carbocycles. The average Bonchev–Trinajstić information content (AvgIpc) is 2.70. The van der Waals surface area contributed by atoms with E-state index in [0.29, 0.717) is 11.5 Å². The van der Waals surface area contributed by atoms with Crippen molar-refractivity contribution in [2.24, 2.45) is 0 Å². The van der Waals surface area contributed by atoms with Crippen LogP contribution in [-0.2, 0) is 20.8 Å². The molecule has 0 saturated carbocycles. The molecule has 0 aromatic heterocycles. The molecule has 2 rings (SSSR count). The lowest BCUT2D eigenvalue weighted by atomic mass is 10.1. The molecule has 0 fully saturated rings. The summed E-state index contributed by atoms with van der Waals surface area (Å²) in [5.41, 5.74) is 0.759. The molecule has 0 aliphatic heterocycles. The van der Waals surface area contributed by atoms with Gasteiger partial charge in [-0.2, -0.15) is 0 Å². The third-order valence-electron chi connectivity index (χ3n) is 4.39. The van der Waals surface area contributed by atoms with Gasteiger partial charge in [0.1, 0.15) is 17.5 Å². The second-order valence-corrected chi connectivity index (χ2v) is 9.36. The van der Waals surface area contributed by atoms with Gasteiger partial charge in [0.2, 0.25) is 0 Å². The molecular weight excluding hydrogens is 662 g/mol. The smallest absolute Gasteiger partial charge is 0.321 e. The number of hydrogen-bond donors (Lipinski definition) is 5. The highest BCUT2D eigenvalue weighted by atomic mass is 127. The molecule has 178 valence electrons. The Kier molecular flexibility index (Phi) is 10.6. The van der Waals surface area contributed by atoms with Crippen molar-refractivity contribution in [1.82, 2.24) is 10.2 Å². The Morgan fingerprint density at radius 1 is 0.970 bits per heavy atom. The molecule has 2 aromatic rings. The maximum atomic E-state index is 11.7. The molecule has 0 amide bonds. The van der Waals surface area contributed by atoms with E-state index in [2.05, 4.69) is 50.5 Å². The molecule has 0 aliphatic rings. The number of ether oxygens (including phenoxy) is 1. The molecule has 0 spiro atoms. The van der Waals surface area contributed by atoms with Gasteiger partial charge in [-0.25, -0.2) is 0 Å². The van der Waals surface area contributed by atoms with Crippen molar-refractivity contribution in [3.8, 4) is 17.2 Å². The topological polar surface area (TPSA) is 157 Å². The van der Waals surface area contributed by atoms with E-state index in [9.17, 15) is 24.6 Å². The molecule has 33 heavy (non-hydrogen) atoms. The van der Waals surface area contributed by atoms with Crippen molar-refractivity contribution in [2.45, 2.75) is 12.5 Å². The normalized spacial score (nSPS) is 11.8. The minimum atomic E-state index is -1.16. The van der Waals surface area contributed by atoms with Crippen molar-refractivity contribution in [1.29, 1.82) is 0 Å². The average molecular weight is 684 g/mol. The van der Waals surface area contributed by atoms with E-state index in [4.69, 9.17) is 14.9 Å². The summed E-state index contributed by atoms with van der Waals surface area (Å²) in [4.78, 5) is 34.7. The zero-order valence-corrected chi connectivity index (χ0v) is 21.5. The highest BCUT2D eigenvalue weighted by molar-refractivity contribution is 14.1. The first-order chi connectivity index (χ1) is 15.5. The van der Waals surface area contributed by atoms with Crippen LogP contribution in [-0.4, -0.2) is 75.5 Å². The molecule has 10 nitrogen and oxygen atoms in total. The highest BCUT2D eigenvalue weighted by Crippen LogP contribution is 2.33. The van der Waals surface area contributed by atoms with Crippen LogP contribution >= 0.6 is 45.2 Å². The maximum absolute atomic E-state index is 11.7. The number of carboxylic acids is 3. The number of phenolic OH excluding ortho intramolecular Hbond substituents is 1. The molecule has 2 aromatic carbocycles. The van der Waals surface area contributed by atoms with Crippen molar-refractivity contribution >= 4 is 63.1 Å². The van der Waals surface area contributed by atoms with Gasteiger partial charge in [0, 0.05) is 13.1 Å². The fraction of sp³-hybridized carbons (Fsp3) is 0.286. The van der Waals surface area contributed by atoms with Crippen molar-refractivity contribution in [2.75, 3.05) is 26.2 Å². The zero-order chi connectivity index (χ0) is 24.5. The van der Waals surface area contributed by atoms with Crippen LogP contribution in [0.25, 0.3) is 0 Å². The standard InChI is InChI=1S/C21H22I2N2O8/c22-15-7-12(8-16(23)20(15)33-14-3-1-13(26)2-4-14)9-17(21(31)32)24-5-6-25(10-18(27)28)11-19(29)30/h1-4,7-8,17,24,26H,5-6,9-11H2,(H,27,28)(H,29,30)(H,31,32)/t17-/m1/s1. The Morgan fingerprint density at radius 2 is 1.52 bits per heavy atom. The third-order valence-corrected chi connectivity index (χ3v) is 5.99. The number of phenols is 1. The molecular formula is C21H22I2N2O8. The van der Waals surface area contributed by atoms with Gasteiger partial charge in [-0.1, -0.05) is 0 Å². The summed E-state index contributed by atoms with van der Waals surface area (Å²) in [5, 5.41) is 39.6. The zero-order valence-electron chi connectivity index (χ0n) is 17.2. The Bertz CT molecular complexity index is 961. The number of aliphatic carboxylic acids is 3. The number of nitrogens with one attached hydrogen (secondary N) is 1. The van der Waals surface area contributed by atoms with Crippen LogP contribution in [0.2, 0.25) is 0 Å². The van der Waals surface area contributed by atoms with Gasteiger partial charge in [-0.05, 0) is 93.6 Å². The minimum absolute atomic E-state index is 0.0663. The fourth-order valence-corrected chi connectivity index (χ4v) is 5.05. The van der Waals surface area contributed by atoms with Gasteiger partial charge in [0.25, 0.3) is 0 Å². The second-order valence-electron chi connectivity index (χ2n) is 7.03. The summed E-state index contributed by atoms with van der Waals surface area (Å²) >= 11 is 4.21. The molecule has 12 heteroatoms. The van der Waals surface area contributed by atoms with Crippen LogP contribution in [0.15, 0.2) is 36.4 Å². The van der Waals surface area contributed by atoms with Crippen LogP contribution in [0.4, 0.5) is 0 Å². The number of rotatable bonds is 13. The molecule has 0 unspecified atom stereocenters. The third kappa shape index (κ3) is 9.30. The van der Waals surface area contributed by atoms with Crippen LogP contribution in [0.5, 0.6) is 17.2 Å². The van der Waals surface area contributed by atoms with Gasteiger partial charge < -0.3 is 30.5 Å². The quantitative estimate of drug-likeness (QED) is 0.199. The lowest BCUT2D eigenvalue weighted by molar-refractivity contribution is -0.143. The summed E-state index contributed by atoms with van der Waals surface area (Å²) in [6.45, 7) is -0.736. The first kappa shape index (κ1) is 27.1. The van der Waals surface area contributed by atoms with Crippen LogP contribution in [0, 0.1) is 7.14 Å². The van der Waals surface area contributed by atoms with E-state index >= 15 is 0 Å². The van der Waals surface area contributed by atoms with Gasteiger partial charge in [0.05, 0.1) is 20.2 Å². The van der Waals surface area contributed by atoms with Crippen LogP contribution in [0.3, 0.4) is 0 Å². The van der Waals surface area contributed by atoms with Crippen LogP contribution in [0.1, 0.15) is 5.56 Å². The predicted octanol–water partition coefficient (Wildman–Crippen LogP) is 2.45. The molecule has 0 saturated heterocycles. The largest absolute Gasteiger partial charge is 0.508 e.